The predicted octanol–water partition coefficient (Wildman–Crippen LogP) is 4.06. The Kier molecular flexibility index (Phi) is 7.32. The smallest absolute Gasteiger partial charge is 0.409 e. The summed E-state index contributed by atoms with van der Waals surface area (Å²) in [6, 6.07) is 14.5. The predicted molar refractivity (Wildman–Crippen MR) is 133 cm³/mol. The van der Waals surface area contributed by atoms with Crippen molar-refractivity contribution in [3.05, 3.63) is 70.3 Å². The van der Waals surface area contributed by atoms with Crippen LogP contribution in [0.1, 0.15) is 47.2 Å². The number of hydrazone groups is 1. The van der Waals surface area contributed by atoms with Crippen LogP contribution in [0.3, 0.4) is 0 Å². The van der Waals surface area contributed by atoms with Crippen LogP contribution in [0.2, 0.25) is 0 Å². The minimum Gasteiger partial charge on any atom is -0.450 e. The molecule has 2 heterocycles. The van der Waals surface area contributed by atoms with Crippen LogP contribution in [-0.2, 0) is 9.53 Å². The van der Waals surface area contributed by atoms with Crippen LogP contribution in [0.4, 0.5) is 4.79 Å². The van der Waals surface area contributed by atoms with Gasteiger partial charge in [0.25, 0.3) is 5.91 Å². The van der Waals surface area contributed by atoms with Gasteiger partial charge < -0.3 is 9.64 Å². The molecule has 0 saturated carbocycles. The van der Waals surface area contributed by atoms with Crippen molar-refractivity contribution in [1.82, 2.24) is 14.8 Å². The molecule has 180 valence electrons. The maximum absolute atomic E-state index is 13.5. The third kappa shape index (κ3) is 5.14. The normalized spacial score (nSPS) is 18.7. The summed E-state index contributed by atoms with van der Waals surface area (Å²) < 4.78 is 5.10. The first kappa shape index (κ1) is 24.0. The molecule has 1 fully saturated rings. The number of carbonyl (C=O) groups excluding carboxylic acids is 2. The van der Waals surface area contributed by atoms with Crippen LogP contribution < -0.4 is 0 Å². The van der Waals surface area contributed by atoms with Gasteiger partial charge in [0.1, 0.15) is 0 Å². The summed E-state index contributed by atoms with van der Waals surface area (Å²) in [5, 5.41) is 6.56. The molecule has 7 nitrogen and oxygen atoms in total. The highest BCUT2D eigenvalue weighted by molar-refractivity contribution is 6.04. The summed E-state index contributed by atoms with van der Waals surface area (Å²) in [4.78, 5) is 29.3. The maximum Gasteiger partial charge on any atom is 0.409 e. The highest BCUT2D eigenvalue weighted by atomic mass is 16.6. The van der Waals surface area contributed by atoms with Crippen molar-refractivity contribution >= 4 is 17.7 Å². The van der Waals surface area contributed by atoms with E-state index >= 15 is 0 Å². The number of hydrogen-bond donors (Lipinski definition) is 0. The molecule has 1 atom stereocenters. The molecule has 7 heteroatoms. The van der Waals surface area contributed by atoms with Crippen molar-refractivity contribution in [2.24, 2.45) is 5.10 Å². The van der Waals surface area contributed by atoms with Gasteiger partial charge in [0.15, 0.2) is 0 Å². The molecule has 4 rings (SSSR count). The molecule has 0 bridgehead atoms. The van der Waals surface area contributed by atoms with Crippen LogP contribution in [-0.4, -0.2) is 71.9 Å². The Morgan fingerprint density at radius 1 is 1.00 bits per heavy atom. The van der Waals surface area contributed by atoms with E-state index in [9.17, 15) is 9.59 Å². The molecule has 1 unspecified atom stereocenters. The zero-order valence-electron chi connectivity index (χ0n) is 20.6. The number of aryl methyl sites for hydroxylation is 3. The highest BCUT2D eigenvalue weighted by Gasteiger charge is 2.35. The second kappa shape index (κ2) is 10.4. The Hall–Kier alpha value is -3.19. The summed E-state index contributed by atoms with van der Waals surface area (Å²) in [7, 11) is 0. The van der Waals surface area contributed by atoms with E-state index in [1.54, 1.807) is 16.8 Å². The standard InChI is InChI=1S/C27H34N4O3/c1-5-34-27(33)30-14-12-29(13-15-30)18-26(32)31-25(23-9-7-6-8-20(23)3)17-24(28-31)22-11-10-19(2)16-21(22)4/h6-11,16,25H,5,12-15,17-18H2,1-4H3. The molecule has 0 aliphatic carbocycles. The lowest BCUT2D eigenvalue weighted by Crippen LogP contribution is -2.51. The van der Waals surface area contributed by atoms with Gasteiger partial charge in [-0.15, -0.1) is 0 Å². The van der Waals surface area contributed by atoms with E-state index < -0.39 is 0 Å². The summed E-state index contributed by atoms with van der Waals surface area (Å²) in [5.41, 5.74) is 6.72. The van der Waals surface area contributed by atoms with Gasteiger partial charge in [-0.2, -0.15) is 5.10 Å². The van der Waals surface area contributed by atoms with E-state index in [2.05, 4.69) is 56.0 Å². The van der Waals surface area contributed by atoms with Crippen molar-refractivity contribution in [2.45, 2.75) is 40.2 Å². The molecule has 1 saturated heterocycles. The Balaban J connectivity index is 1.53. The van der Waals surface area contributed by atoms with Crippen molar-refractivity contribution in [1.29, 1.82) is 0 Å². The lowest BCUT2D eigenvalue weighted by molar-refractivity contribution is -0.134. The van der Waals surface area contributed by atoms with Crippen LogP contribution in [0.25, 0.3) is 0 Å². The van der Waals surface area contributed by atoms with Crippen LogP contribution in [0, 0.1) is 20.8 Å². The fourth-order valence-electron chi connectivity index (χ4n) is 4.81. The molecule has 0 aromatic heterocycles. The first-order valence-electron chi connectivity index (χ1n) is 12.0. The zero-order valence-corrected chi connectivity index (χ0v) is 20.6. The third-order valence-electron chi connectivity index (χ3n) is 6.66. The average molecular weight is 463 g/mol. The second-order valence-electron chi connectivity index (χ2n) is 9.14. The average Bonchev–Trinajstić information content (AvgIpc) is 3.25. The maximum atomic E-state index is 13.5. The van der Waals surface area contributed by atoms with Gasteiger partial charge in [-0.1, -0.05) is 48.0 Å². The molecule has 2 amide bonds. The van der Waals surface area contributed by atoms with E-state index in [-0.39, 0.29) is 24.6 Å². The Labute approximate surface area is 202 Å². The molecular weight excluding hydrogens is 428 g/mol. The lowest BCUT2D eigenvalue weighted by Gasteiger charge is -2.34. The zero-order chi connectivity index (χ0) is 24.2. The molecule has 2 aliphatic rings. The monoisotopic (exact) mass is 462 g/mol. The summed E-state index contributed by atoms with van der Waals surface area (Å²) >= 11 is 0. The van der Waals surface area contributed by atoms with E-state index in [1.807, 2.05) is 12.1 Å². The lowest BCUT2D eigenvalue weighted by atomic mass is 9.93. The van der Waals surface area contributed by atoms with Gasteiger partial charge in [-0.25, -0.2) is 9.80 Å². The number of benzene rings is 2. The van der Waals surface area contributed by atoms with E-state index in [1.165, 1.54) is 11.1 Å². The van der Waals surface area contributed by atoms with Gasteiger partial charge in [-0.05, 0) is 44.4 Å². The number of amides is 2. The van der Waals surface area contributed by atoms with Crippen molar-refractivity contribution in [3.8, 4) is 0 Å². The summed E-state index contributed by atoms with van der Waals surface area (Å²) in [5.74, 6) is -0.0161. The third-order valence-corrected chi connectivity index (χ3v) is 6.66. The molecule has 0 N–H and O–H groups in total. The first-order chi connectivity index (χ1) is 16.4. The Morgan fingerprint density at radius 3 is 2.41 bits per heavy atom. The number of nitrogens with zero attached hydrogens (tertiary/aromatic N) is 4. The molecular formula is C27H34N4O3. The fourth-order valence-corrected chi connectivity index (χ4v) is 4.81. The van der Waals surface area contributed by atoms with E-state index in [0.29, 0.717) is 39.2 Å². The molecule has 0 spiro atoms. The number of ether oxygens (including phenoxy) is 1. The van der Waals surface area contributed by atoms with Gasteiger partial charge in [0.2, 0.25) is 0 Å². The topological polar surface area (TPSA) is 65.5 Å². The van der Waals surface area contributed by atoms with Crippen LogP contribution in [0.5, 0.6) is 0 Å². The van der Waals surface area contributed by atoms with Crippen molar-refractivity contribution in [2.75, 3.05) is 39.3 Å². The van der Waals surface area contributed by atoms with Gasteiger partial charge in [0, 0.05) is 38.2 Å². The number of rotatable bonds is 5. The van der Waals surface area contributed by atoms with Crippen LogP contribution in [0.15, 0.2) is 47.6 Å². The van der Waals surface area contributed by atoms with Crippen molar-refractivity contribution < 1.29 is 14.3 Å². The second-order valence-corrected chi connectivity index (χ2v) is 9.14. The number of piperazine rings is 1. The number of carbonyl (C=O) groups is 2. The molecule has 2 aromatic carbocycles. The van der Waals surface area contributed by atoms with E-state index in [4.69, 9.17) is 9.84 Å². The van der Waals surface area contributed by atoms with Gasteiger partial charge >= 0.3 is 6.09 Å². The largest absolute Gasteiger partial charge is 0.450 e. The molecule has 34 heavy (non-hydrogen) atoms. The number of hydrogen-bond acceptors (Lipinski definition) is 5. The summed E-state index contributed by atoms with van der Waals surface area (Å²) in [6.07, 6.45) is 0.410. The minimum atomic E-state index is -0.282. The first-order valence-corrected chi connectivity index (χ1v) is 12.0. The quantitative estimate of drug-likeness (QED) is 0.672. The van der Waals surface area contributed by atoms with Gasteiger partial charge in [0.05, 0.1) is 24.9 Å². The van der Waals surface area contributed by atoms with E-state index in [0.717, 1.165) is 22.4 Å². The highest BCUT2D eigenvalue weighted by Crippen LogP contribution is 2.35. The SMILES string of the molecule is CCOC(=O)N1CCN(CC(=O)N2N=C(c3ccc(C)cc3C)CC2c2ccccc2C)CC1. The summed E-state index contributed by atoms with van der Waals surface area (Å²) in [6.45, 7) is 11.1. The molecule has 2 aromatic rings. The molecule has 0 radical (unpaired) electrons. The van der Waals surface area contributed by atoms with Gasteiger partial charge in [-0.3, -0.25) is 9.69 Å². The Bertz CT molecular complexity index is 1090. The van der Waals surface area contributed by atoms with Crippen molar-refractivity contribution in [3.63, 3.8) is 0 Å². The Morgan fingerprint density at radius 2 is 1.74 bits per heavy atom. The molecule has 2 aliphatic heterocycles. The fraction of sp³-hybridized carbons (Fsp3) is 0.444. The minimum absolute atomic E-state index is 0.0161. The van der Waals surface area contributed by atoms with Crippen LogP contribution >= 0.6 is 0 Å².